The Balaban J connectivity index is 1.67. The van der Waals surface area contributed by atoms with Crippen LogP contribution < -0.4 is 5.32 Å². The van der Waals surface area contributed by atoms with Gasteiger partial charge in [0, 0.05) is 26.2 Å². The van der Waals surface area contributed by atoms with Crippen molar-refractivity contribution in [2.75, 3.05) is 32.7 Å². The van der Waals surface area contributed by atoms with Gasteiger partial charge in [-0.3, -0.25) is 0 Å². The summed E-state index contributed by atoms with van der Waals surface area (Å²) >= 11 is 0. The van der Waals surface area contributed by atoms with Crippen molar-refractivity contribution < 1.29 is 0 Å². The molecule has 19 heavy (non-hydrogen) atoms. The lowest BCUT2D eigenvalue weighted by molar-refractivity contribution is 0.285. The molecule has 0 aromatic heterocycles. The molecule has 0 saturated heterocycles. The van der Waals surface area contributed by atoms with E-state index in [9.17, 15) is 0 Å². The van der Waals surface area contributed by atoms with Gasteiger partial charge in [-0.2, -0.15) is 0 Å². The van der Waals surface area contributed by atoms with Gasteiger partial charge < -0.3 is 10.2 Å². The van der Waals surface area contributed by atoms with E-state index in [0.717, 1.165) is 19.0 Å². The number of nitrogens with one attached hydrogen (secondary N) is 1. The summed E-state index contributed by atoms with van der Waals surface area (Å²) in [6.45, 7) is 10.5. The maximum atomic E-state index is 3.56. The molecular weight excluding hydrogens is 232 g/mol. The van der Waals surface area contributed by atoms with Crippen LogP contribution in [0.15, 0.2) is 24.3 Å². The molecular formula is C17H28N2. The van der Waals surface area contributed by atoms with Crippen molar-refractivity contribution in [3.05, 3.63) is 35.4 Å². The van der Waals surface area contributed by atoms with Crippen LogP contribution in [-0.2, 0) is 12.8 Å². The Morgan fingerprint density at radius 1 is 1.05 bits per heavy atom. The lowest BCUT2D eigenvalue weighted by Crippen LogP contribution is -2.34. The molecule has 1 heterocycles. The highest BCUT2D eigenvalue weighted by Crippen LogP contribution is 2.15. The third kappa shape index (κ3) is 4.96. The molecule has 1 aromatic carbocycles. The lowest BCUT2D eigenvalue weighted by Gasteiger charge is -2.20. The number of rotatable bonds is 6. The third-order valence-corrected chi connectivity index (χ3v) is 4.02. The van der Waals surface area contributed by atoms with E-state index in [1.165, 1.54) is 38.9 Å². The average molecular weight is 260 g/mol. The Hall–Kier alpha value is -0.860. The van der Waals surface area contributed by atoms with Crippen molar-refractivity contribution in [1.29, 1.82) is 0 Å². The molecule has 0 atom stereocenters. The summed E-state index contributed by atoms with van der Waals surface area (Å²) in [5, 5.41) is 3.56. The first-order chi connectivity index (χ1) is 9.25. The van der Waals surface area contributed by atoms with Crippen molar-refractivity contribution >= 4 is 0 Å². The molecule has 1 aromatic rings. The second-order valence-electron chi connectivity index (χ2n) is 6.04. The molecule has 0 aliphatic carbocycles. The van der Waals surface area contributed by atoms with Gasteiger partial charge in [-0.1, -0.05) is 38.1 Å². The zero-order valence-corrected chi connectivity index (χ0v) is 12.5. The first-order valence-corrected chi connectivity index (χ1v) is 7.75. The predicted molar refractivity (Wildman–Crippen MR) is 82.6 cm³/mol. The van der Waals surface area contributed by atoms with Crippen molar-refractivity contribution in [2.24, 2.45) is 5.92 Å². The molecule has 1 aliphatic heterocycles. The van der Waals surface area contributed by atoms with Gasteiger partial charge in [-0.05, 0) is 42.9 Å². The Labute approximate surface area is 118 Å². The number of nitrogens with zero attached hydrogens (tertiary/aromatic N) is 1. The summed E-state index contributed by atoms with van der Waals surface area (Å²) in [4.78, 5) is 2.60. The quantitative estimate of drug-likeness (QED) is 0.791. The zero-order valence-electron chi connectivity index (χ0n) is 12.5. The summed E-state index contributed by atoms with van der Waals surface area (Å²) in [6.07, 6.45) is 3.70. The fourth-order valence-electron chi connectivity index (χ4n) is 2.69. The minimum Gasteiger partial charge on any atom is -0.315 e. The van der Waals surface area contributed by atoms with E-state index < -0.39 is 0 Å². The fraction of sp³-hybridized carbons (Fsp3) is 0.647. The highest BCUT2D eigenvalue weighted by atomic mass is 15.1. The molecule has 0 amide bonds. The second kappa shape index (κ2) is 7.66. The third-order valence-electron chi connectivity index (χ3n) is 4.02. The molecule has 1 N–H and O–H groups in total. The van der Waals surface area contributed by atoms with Gasteiger partial charge in [0.05, 0.1) is 0 Å². The van der Waals surface area contributed by atoms with Gasteiger partial charge in [-0.25, -0.2) is 0 Å². The molecule has 0 spiro atoms. The standard InChI is InChI=1S/C17H28N2/c1-15(2)7-10-18-11-14-19-12-8-16-5-3-4-6-17(16)9-13-19/h3-6,15,18H,7-14H2,1-2H3. The van der Waals surface area contributed by atoms with Crippen LogP contribution in [0.5, 0.6) is 0 Å². The van der Waals surface area contributed by atoms with Crippen LogP contribution in [0.25, 0.3) is 0 Å². The van der Waals surface area contributed by atoms with Crippen LogP contribution in [0.3, 0.4) is 0 Å². The van der Waals surface area contributed by atoms with Crippen LogP contribution in [0.1, 0.15) is 31.4 Å². The number of fused-ring (bicyclic) bond motifs is 1. The molecule has 0 bridgehead atoms. The van der Waals surface area contributed by atoms with Crippen molar-refractivity contribution in [1.82, 2.24) is 10.2 Å². The number of hydrogen-bond donors (Lipinski definition) is 1. The average Bonchev–Trinajstić information content (AvgIpc) is 2.61. The molecule has 0 unspecified atom stereocenters. The van der Waals surface area contributed by atoms with Gasteiger partial charge in [0.2, 0.25) is 0 Å². The van der Waals surface area contributed by atoms with E-state index >= 15 is 0 Å². The maximum absolute atomic E-state index is 3.56. The summed E-state index contributed by atoms with van der Waals surface area (Å²) in [5.41, 5.74) is 3.11. The van der Waals surface area contributed by atoms with Gasteiger partial charge >= 0.3 is 0 Å². The fourth-order valence-corrected chi connectivity index (χ4v) is 2.69. The normalized spacial score (nSPS) is 16.4. The zero-order chi connectivity index (χ0) is 13.5. The molecule has 2 heteroatoms. The summed E-state index contributed by atoms with van der Waals surface area (Å²) < 4.78 is 0. The largest absolute Gasteiger partial charge is 0.315 e. The van der Waals surface area contributed by atoms with E-state index in [-0.39, 0.29) is 0 Å². The van der Waals surface area contributed by atoms with E-state index in [4.69, 9.17) is 0 Å². The molecule has 106 valence electrons. The van der Waals surface area contributed by atoms with Gasteiger partial charge in [0.25, 0.3) is 0 Å². The Bertz CT molecular complexity index is 346. The van der Waals surface area contributed by atoms with E-state index in [0.29, 0.717) is 0 Å². The number of hydrogen-bond acceptors (Lipinski definition) is 2. The van der Waals surface area contributed by atoms with E-state index in [1.807, 2.05) is 0 Å². The molecule has 2 rings (SSSR count). The molecule has 0 saturated carbocycles. The van der Waals surface area contributed by atoms with Crippen molar-refractivity contribution in [2.45, 2.75) is 33.1 Å². The molecule has 0 radical (unpaired) electrons. The van der Waals surface area contributed by atoms with Gasteiger partial charge in [0.1, 0.15) is 0 Å². The Morgan fingerprint density at radius 3 is 2.26 bits per heavy atom. The van der Waals surface area contributed by atoms with Gasteiger partial charge in [-0.15, -0.1) is 0 Å². The highest BCUT2D eigenvalue weighted by Gasteiger charge is 2.12. The summed E-state index contributed by atoms with van der Waals surface area (Å²) in [5.74, 6) is 0.806. The highest BCUT2D eigenvalue weighted by molar-refractivity contribution is 5.28. The van der Waals surface area contributed by atoms with Crippen LogP contribution in [-0.4, -0.2) is 37.6 Å². The summed E-state index contributed by atoms with van der Waals surface area (Å²) in [7, 11) is 0. The van der Waals surface area contributed by atoms with Crippen molar-refractivity contribution in [3.8, 4) is 0 Å². The van der Waals surface area contributed by atoms with E-state index in [2.05, 4.69) is 48.3 Å². The molecule has 1 aliphatic rings. The minimum absolute atomic E-state index is 0.806. The van der Waals surface area contributed by atoms with Crippen LogP contribution >= 0.6 is 0 Å². The van der Waals surface area contributed by atoms with Crippen molar-refractivity contribution in [3.63, 3.8) is 0 Å². The molecule has 0 fully saturated rings. The van der Waals surface area contributed by atoms with E-state index in [1.54, 1.807) is 11.1 Å². The smallest absolute Gasteiger partial charge is 0.0107 e. The SMILES string of the molecule is CC(C)CCNCCN1CCc2ccccc2CC1. The van der Waals surface area contributed by atoms with Gasteiger partial charge in [0.15, 0.2) is 0 Å². The second-order valence-corrected chi connectivity index (χ2v) is 6.04. The maximum Gasteiger partial charge on any atom is 0.0107 e. The monoisotopic (exact) mass is 260 g/mol. The van der Waals surface area contributed by atoms with Crippen LogP contribution in [0.2, 0.25) is 0 Å². The van der Waals surface area contributed by atoms with Crippen LogP contribution in [0, 0.1) is 5.92 Å². The number of benzene rings is 1. The minimum atomic E-state index is 0.806. The van der Waals surface area contributed by atoms with Crippen LogP contribution in [0.4, 0.5) is 0 Å². The Morgan fingerprint density at radius 2 is 1.68 bits per heavy atom. The Kier molecular flexibility index (Phi) is 5.87. The predicted octanol–water partition coefficient (Wildman–Crippen LogP) is 2.72. The lowest BCUT2D eigenvalue weighted by atomic mass is 10.0. The first-order valence-electron chi connectivity index (χ1n) is 7.75. The topological polar surface area (TPSA) is 15.3 Å². The first kappa shape index (κ1) is 14.5. The molecule has 2 nitrogen and oxygen atoms in total. The summed E-state index contributed by atoms with van der Waals surface area (Å²) in [6, 6.07) is 8.92.